The van der Waals surface area contributed by atoms with Crippen molar-refractivity contribution in [3.63, 3.8) is 0 Å². The van der Waals surface area contributed by atoms with Crippen molar-refractivity contribution >= 4 is 11.8 Å². The minimum atomic E-state index is -0.777. The minimum absolute atomic E-state index is 0.0263. The average Bonchev–Trinajstić information content (AvgIpc) is 3.37. The molecule has 0 bridgehead atoms. The van der Waals surface area contributed by atoms with Crippen molar-refractivity contribution in [3.8, 4) is 0 Å². The number of benzene rings is 1. The maximum absolute atomic E-state index is 12.7. The van der Waals surface area contributed by atoms with Crippen molar-refractivity contribution in [2.75, 3.05) is 19.6 Å². The van der Waals surface area contributed by atoms with Crippen LogP contribution in [0.3, 0.4) is 0 Å². The highest BCUT2D eigenvalue weighted by molar-refractivity contribution is 6.07. The molecule has 1 saturated carbocycles. The third kappa shape index (κ3) is 4.34. The van der Waals surface area contributed by atoms with Gasteiger partial charge in [0.1, 0.15) is 5.41 Å². The van der Waals surface area contributed by atoms with Crippen molar-refractivity contribution < 1.29 is 9.59 Å². The molecule has 0 spiro atoms. The predicted molar refractivity (Wildman–Crippen MR) is 92.0 cm³/mol. The molecule has 1 aliphatic carbocycles. The van der Waals surface area contributed by atoms with Crippen LogP contribution in [0, 0.1) is 5.41 Å². The van der Waals surface area contributed by atoms with E-state index < -0.39 is 5.41 Å². The number of nitrogens with zero attached hydrogens (tertiary/aromatic N) is 1. The van der Waals surface area contributed by atoms with E-state index in [1.807, 2.05) is 23.1 Å². The molecule has 0 unspecified atom stereocenters. The van der Waals surface area contributed by atoms with E-state index in [0.717, 1.165) is 32.4 Å². The molecule has 1 aromatic carbocycles. The second-order valence-electron chi connectivity index (χ2n) is 6.37. The zero-order valence-corrected chi connectivity index (χ0v) is 14.3. The summed E-state index contributed by atoms with van der Waals surface area (Å²) in [5.41, 5.74) is 0.420. The highest BCUT2D eigenvalue weighted by Crippen LogP contribution is 2.47. The maximum Gasteiger partial charge on any atom is 0.238 e. The Hall–Kier alpha value is -1.84. The third-order valence-electron chi connectivity index (χ3n) is 4.41. The van der Waals surface area contributed by atoms with Gasteiger partial charge in [-0.3, -0.25) is 9.59 Å². The number of hydrogen-bond donors (Lipinski definition) is 1. The van der Waals surface area contributed by atoms with Crippen molar-refractivity contribution in [2.45, 2.75) is 46.0 Å². The minimum Gasteiger partial charge on any atom is -0.355 e. The lowest BCUT2D eigenvalue weighted by molar-refractivity contribution is -0.144. The van der Waals surface area contributed by atoms with Gasteiger partial charge in [-0.25, -0.2) is 0 Å². The first-order chi connectivity index (χ1) is 11.1. The Bertz CT molecular complexity index is 517. The van der Waals surface area contributed by atoms with Gasteiger partial charge in [0.15, 0.2) is 0 Å². The van der Waals surface area contributed by atoms with Crippen LogP contribution in [-0.2, 0) is 16.0 Å². The normalized spacial score (nSPS) is 15.0. The Kier molecular flexibility index (Phi) is 6.20. The van der Waals surface area contributed by atoms with E-state index in [9.17, 15) is 9.59 Å². The van der Waals surface area contributed by atoms with Crippen LogP contribution in [0.5, 0.6) is 0 Å². The summed E-state index contributed by atoms with van der Waals surface area (Å²) < 4.78 is 0. The van der Waals surface area contributed by atoms with E-state index in [0.29, 0.717) is 19.4 Å². The average molecular weight is 316 g/mol. The molecule has 4 heteroatoms. The Morgan fingerprint density at radius 2 is 1.70 bits per heavy atom. The van der Waals surface area contributed by atoms with Gasteiger partial charge in [0.2, 0.25) is 11.8 Å². The molecule has 0 saturated heterocycles. The molecule has 1 N–H and O–H groups in total. The summed E-state index contributed by atoms with van der Waals surface area (Å²) in [5.74, 6) is -0.0611. The Morgan fingerprint density at radius 1 is 1.09 bits per heavy atom. The third-order valence-corrected chi connectivity index (χ3v) is 4.41. The van der Waals surface area contributed by atoms with Crippen LogP contribution >= 0.6 is 0 Å². The molecule has 0 heterocycles. The van der Waals surface area contributed by atoms with Crippen molar-refractivity contribution in [1.29, 1.82) is 0 Å². The molecule has 23 heavy (non-hydrogen) atoms. The van der Waals surface area contributed by atoms with E-state index >= 15 is 0 Å². The molecule has 1 aliphatic rings. The molecular formula is C19H28N2O2. The molecular weight excluding hydrogens is 288 g/mol. The molecule has 2 amide bonds. The standard InChI is InChI=1S/C19H28N2O2/c1-3-14-21(15-4-2)18(23)19(11-12-19)17(22)20-13-10-16-8-6-5-7-9-16/h5-9H,3-4,10-15H2,1-2H3,(H,20,22). The molecule has 2 rings (SSSR count). The second kappa shape index (κ2) is 8.14. The zero-order chi connectivity index (χ0) is 16.7. The second-order valence-corrected chi connectivity index (χ2v) is 6.37. The Labute approximate surface area is 139 Å². The largest absolute Gasteiger partial charge is 0.355 e. The molecule has 1 fully saturated rings. The zero-order valence-electron chi connectivity index (χ0n) is 14.3. The van der Waals surface area contributed by atoms with Crippen molar-refractivity contribution in [1.82, 2.24) is 10.2 Å². The topological polar surface area (TPSA) is 49.4 Å². The Morgan fingerprint density at radius 3 is 2.22 bits per heavy atom. The number of carbonyl (C=O) groups excluding carboxylic acids is 2. The van der Waals surface area contributed by atoms with Gasteiger partial charge in [0, 0.05) is 19.6 Å². The van der Waals surface area contributed by atoms with Crippen LogP contribution < -0.4 is 5.32 Å². The molecule has 0 radical (unpaired) electrons. The van der Waals surface area contributed by atoms with Crippen LogP contribution in [0.15, 0.2) is 30.3 Å². The van der Waals surface area contributed by atoms with Crippen LogP contribution in [0.25, 0.3) is 0 Å². The van der Waals surface area contributed by atoms with Gasteiger partial charge in [-0.05, 0) is 37.7 Å². The molecule has 0 atom stereocenters. The van der Waals surface area contributed by atoms with Gasteiger partial charge in [0.25, 0.3) is 0 Å². The lowest BCUT2D eigenvalue weighted by Gasteiger charge is -2.26. The Balaban J connectivity index is 1.88. The highest BCUT2D eigenvalue weighted by Gasteiger charge is 2.57. The summed E-state index contributed by atoms with van der Waals surface area (Å²) in [5, 5.41) is 2.97. The van der Waals surface area contributed by atoms with E-state index in [1.165, 1.54) is 5.56 Å². The van der Waals surface area contributed by atoms with Crippen LogP contribution in [-0.4, -0.2) is 36.3 Å². The van der Waals surface area contributed by atoms with Crippen LogP contribution in [0.1, 0.15) is 45.1 Å². The number of hydrogen-bond acceptors (Lipinski definition) is 2. The number of nitrogens with one attached hydrogen (secondary N) is 1. The van der Waals surface area contributed by atoms with Crippen LogP contribution in [0.4, 0.5) is 0 Å². The molecule has 4 nitrogen and oxygen atoms in total. The first kappa shape index (κ1) is 17.5. The van der Waals surface area contributed by atoms with Gasteiger partial charge in [-0.15, -0.1) is 0 Å². The fraction of sp³-hybridized carbons (Fsp3) is 0.579. The lowest BCUT2D eigenvalue weighted by Crippen LogP contribution is -2.46. The summed E-state index contributed by atoms with van der Waals surface area (Å²) in [4.78, 5) is 27.1. The fourth-order valence-corrected chi connectivity index (χ4v) is 2.95. The van der Waals surface area contributed by atoms with Crippen molar-refractivity contribution in [2.24, 2.45) is 5.41 Å². The monoisotopic (exact) mass is 316 g/mol. The lowest BCUT2D eigenvalue weighted by atomic mass is 10.0. The fourth-order valence-electron chi connectivity index (χ4n) is 2.95. The summed E-state index contributed by atoms with van der Waals surface area (Å²) in [7, 11) is 0. The number of carbonyl (C=O) groups is 2. The summed E-state index contributed by atoms with van der Waals surface area (Å²) in [6.07, 6.45) is 4.03. The van der Waals surface area contributed by atoms with E-state index in [2.05, 4.69) is 31.3 Å². The number of amides is 2. The van der Waals surface area contributed by atoms with Gasteiger partial charge in [-0.1, -0.05) is 44.2 Å². The summed E-state index contributed by atoms with van der Waals surface area (Å²) >= 11 is 0. The summed E-state index contributed by atoms with van der Waals surface area (Å²) in [6, 6.07) is 10.1. The highest BCUT2D eigenvalue weighted by atomic mass is 16.2. The predicted octanol–water partition coefficient (Wildman–Crippen LogP) is 2.77. The molecule has 0 aliphatic heterocycles. The first-order valence-corrected chi connectivity index (χ1v) is 8.75. The van der Waals surface area contributed by atoms with Gasteiger partial charge < -0.3 is 10.2 Å². The molecule has 126 valence electrons. The van der Waals surface area contributed by atoms with Gasteiger partial charge in [-0.2, -0.15) is 0 Å². The van der Waals surface area contributed by atoms with E-state index in [4.69, 9.17) is 0 Å². The van der Waals surface area contributed by atoms with Gasteiger partial charge in [0.05, 0.1) is 0 Å². The van der Waals surface area contributed by atoms with E-state index in [1.54, 1.807) is 0 Å². The van der Waals surface area contributed by atoms with Gasteiger partial charge >= 0.3 is 0 Å². The first-order valence-electron chi connectivity index (χ1n) is 8.75. The van der Waals surface area contributed by atoms with E-state index in [-0.39, 0.29) is 11.8 Å². The summed E-state index contributed by atoms with van der Waals surface area (Å²) in [6.45, 7) is 6.20. The SMILES string of the molecule is CCCN(CCC)C(=O)C1(C(=O)NCCc2ccccc2)CC1. The maximum atomic E-state index is 12.7. The van der Waals surface area contributed by atoms with Crippen molar-refractivity contribution in [3.05, 3.63) is 35.9 Å². The molecule has 1 aromatic rings. The molecule has 0 aromatic heterocycles. The smallest absolute Gasteiger partial charge is 0.238 e. The van der Waals surface area contributed by atoms with Crippen LogP contribution in [0.2, 0.25) is 0 Å². The quantitative estimate of drug-likeness (QED) is 0.712. The number of rotatable bonds is 9.